The molecule has 2 aromatic carbocycles. The molecule has 0 spiro atoms. The van der Waals surface area contributed by atoms with Crippen LogP contribution in [0.2, 0.25) is 0 Å². The van der Waals surface area contributed by atoms with Crippen LogP contribution in [0.15, 0.2) is 54.6 Å². The molecule has 0 amide bonds. The fraction of sp³-hybridized carbons (Fsp3) is 0.500. The van der Waals surface area contributed by atoms with Crippen LogP contribution in [-0.2, 0) is 17.9 Å². The van der Waals surface area contributed by atoms with E-state index in [0.29, 0.717) is 0 Å². The Labute approximate surface area is 169 Å². The first-order chi connectivity index (χ1) is 12.9. The van der Waals surface area contributed by atoms with Crippen LogP contribution in [0.3, 0.4) is 0 Å². The highest BCUT2D eigenvalue weighted by Gasteiger charge is 2.35. The van der Waals surface area contributed by atoms with Gasteiger partial charge in [-0.2, -0.15) is 11.8 Å². The van der Waals surface area contributed by atoms with Crippen LogP contribution in [0.4, 0.5) is 0 Å². The molecule has 1 fully saturated rings. The van der Waals surface area contributed by atoms with Crippen LogP contribution in [0, 0.1) is 0 Å². The minimum Gasteiger partial charge on any atom is -0.385 e. The van der Waals surface area contributed by atoms with Crippen LogP contribution in [0.1, 0.15) is 56.7 Å². The van der Waals surface area contributed by atoms with Gasteiger partial charge in [0.05, 0.1) is 5.60 Å². The van der Waals surface area contributed by atoms with Crippen LogP contribution >= 0.6 is 11.8 Å². The number of piperidine rings is 1. The van der Waals surface area contributed by atoms with Crippen molar-refractivity contribution in [3.63, 3.8) is 0 Å². The third-order valence-electron chi connectivity index (χ3n) is 5.92. The van der Waals surface area contributed by atoms with Crippen molar-refractivity contribution in [2.45, 2.75) is 62.7 Å². The van der Waals surface area contributed by atoms with Gasteiger partial charge in [-0.1, -0.05) is 75.4 Å². The largest absolute Gasteiger partial charge is 0.385 e. The van der Waals surface area contributed by atoms with Crippen molar-refractivity contribution in [1.82, 2.24) is 4.90 Å². The third kappa shape index (κ3) is 5.37. The zero-order chi connectivity index (χ0) is 19.3. The molecule has 0 radical (unpaired) electrons. The van der Waals surface area contributed by atoms with Crippen molar-refractivity contribution >= 4 is 11.8 Å². The number of aliphatic hydroxyl groups is 1. The van der Waals surface area contributed by atoms with E-state index in [1.807, 2.05) is 11.8 Å². The molecule has 0 unspecified atom stereocenters. The zero-order valence-electron chi connectivity index (χ0n) is 16.9. The molecule has 1 aliphatic rings. The molecule has 1 saturated heterocycles. The van der Waals surface area contributed by atoms with E-state index >= 15 is 0 Å². The molecular weight excluding hydrogens is 350 g/mol. The minimum absolute atomic E-state index is 0.273. The predicted molar refractivity (Wildman–Crippen MR) is 117 cm³/mol. The molecule has 1 heterocycles. The van der Waals surface area contributed by atoms with E-state index in [2.05, 4.69) is 80.3 Å². The maximum atomic E-state index is 11.5. The predicted octanol–water partition coefficient (Wildman–Crippen LogP) is 5.59. The maximum Gasteiger partial charge on any atom is 0.0923 e. The van der Waals surface area contributed by atoms with Crippen LogP contribution in [0.5, 0.6) is 0 Å². The maximum absolute atomic E-state index is 11.5. The van der Waals surface area contributed by atoms with E-state index < -0.39 is 5.60 Å². The van der Waals surface area contributed by atoms with Crippen molar-refractivity contribution in [3.05, 3.63) is 71.3 Å². The number of hydrogen-bond donors (Lipinski definition) is 1. The van der Waals surface area contributed by atoms with E-state index in [9.17, 15) is 5.11 Å². The lowest BCUT2D eigenvalue weighted by Crippen LogP contribution is -2.42. The van der Waals surface area contributed by atoms with Gasteiger partial charge < -0.3 is 5.11 Å². The Bertz CT molecular complexity index is 720. The SMILES string of the molecule is CCC(C)(C)SCc1ccccc1C1(O)CCN(Cc2ccccc2)CC1. The van der Waals surface area contributed by atoms with Gasteiger partial charge in [0, 0.05) is 30.1 Å². The number of thioether (sulfide) groups is 1. The Morgan fingerprint density at radius 3 is 2.30 bits per heavy atom. The van der Waals surface area contributed by atoms with Gasteiger partial charge in [-0.25, -0.2) is 0 Å². The molecule has 0 bridgehead atoms. The Morgan fingerprint density at radius 2 is 1.63 bits per heavy atom. The molecule has 27 heavy (non-hydrogen) atoms. The standard InChI is InChI=1S/C24H33NOS/c1-4-23(2,3)27-19-21-12-8-9-13-22(21)24(26)14-16-25(17-15-24)18-20-10-6-5-7-11-20/h5-13,26H,4,14-19H2,1-3H3. The topological polar surface area (TPSA) is 23.5 Å². The first kappa shape index (κ1) is 20.4. The van der Waals surface area contributed by atoms with Crippen molar-refractivity contribution < 1.29 is 5.11 Å². The summed E-state index contributed by atoms with van der Waals surface area (Å²) in [6.07, 6.45) is 2.76. The lowest BCUT2D eigenvalue weighted by molar-refractivity contribution is -0.0282. The molecule has 1 aliphatic heterocycles. The molecule has 3 heteroatoms. The molecule has 0 saturated carbocycles. The second-order valence-electron chi connectivity index (χ2n) is 8.35. The van der Waals surface area contributed by atoms with Crippen LogP contribution < -0.4 is 0 Å². The van der Waals surface area contributed by atoms with Gasteiger partial charge in [-0.05, 0) is 36.0 Å². The summed E-state index contributed by atoms with van der Waals surface area (Å²) in [5.74, 6) is 0.965. The van der Waals surface area contributed by atoms with E-state index in [1.54, 1.807) is 0 Å². The highest BCUT2D eigenvalue weighted by molar-refractivity contribution is 7.99. The van der Waals surface area contributed by atoms with E-state index in [1.165, 1.54) is 11.1 Å². The Kier molecular flexibility index (Phi) is 6.67. The summed E-state index contributed by atoms with van der Waals surface area (Å²) in [5.41, 5.74) is 3.09. The zero-order valence-corrected chi connectivity index (χ0v) is 17.8. The highest BCUT2D eigenvalue weighted by Crippen LogP contribution is 2.38. The second kappa shape index (κ2) is 8.81. The molecule has 2 nitrogen and oxygen atoms in total. The normalized spacial score (nSPS) is 17.8. The summed E-state index contributed by atoms with van der Waals surface area (Å²) in [7, 11) is 0. The molecule has 1 N–H and O–H groups in total. The van der Waals surface area contributed by atoms with E-state index in [0.717, 1.165) is 50.2 Å². The lowest BCUT2D eigenvalue weighted by atomic mass is 9.82. The monoisotopic (exact) mass is 383 g/mol. The summed E-state index contributed by atoms with van der Waals surface area (Å²) in [5, 5.41) is 11.5. The average Bonchev–Trinajstić information content (AvgIpc) is 2.69. The summed E-state index contributed by atoms with van der Waals surface area (Å²) >= 11 is 1.99. The molecule has 0 aromatic heterocycles. The molecular formula is C24H33NOS. The van der Waals surface area contributed by atoms with Crippen molar-refractivity contribution in [2.75, 3.05) is 13.1 Å². The van der Waals surface area contributed by atoms with Gasteiger partial charge in [-0.15, -0.1) is 0 Å². The fourth-order valence-electron chi connectivity index (χ4n) is 3.67. The Morgan fingerprint density at radius 1 is 1.00 bits per heavy atom. The summed E-state index contributed by atoms with van der Waals surface area (Å²) in [4.78, 5) is 2.46. The van der Waals surface area contributed by atoms with Crippen LogP contribution in [0.25, 0.3) is 0 Å². The fourth-order valence-corrected chi connectivity index (χ4v) is 4.67. The Hall–Kier alpha value is -1.29. The number of nitrogens with zero attached hydrogens (tertiary/aromatic N) is 1. The van der Waals surface area contributed by atoms with E-state index in [4.69, 9.17) is 0 Å². The van der Waals surface area contributed by atoms with Gasteiger partial charge in [-0.3, -0.25) is 4.90 Å². The third-order valence-corrected chi connectivity index (χ3v) is 7.45. The van der Waals surface area contributed by atoms with Crippen molar-refractivity contribution in [3.8, 4) is 0 Å². The summed E-state index contributed by atoms with van der Waals surface area (Å²) < 4.78 is 0.273. The van der Waals surface area contributed by atoms with Gasteiger partial charge in [0.15, 0.2) is 0 Å². The van der Waals surface area contributed by atoms with Crippen LogP contribution in [-0.4, -0.2) is 27.8 Å². The molecule has 146 valence electrons. The van der Waals surface area contributed by atoms with E-state index in [-0.39, 0.29) is 4.75 Å². The van der Waals surface area contributed by atoms with Crippen molar-refractivity contribution in [2.24, 2.45) is 0 Å². The van der Waals surface area contributed by atoms with Gasteiger partial charge >= 0.3 is 0 Å². The number of benzene rings is 2. The second-order valence-corrected chi connectivity index (χ2v) is 10.0. The number of hydrogen-bond acceptors (Lipinski definition) is 3. The van der Waals surface area contributed by atoms with Gasteiger partial charge in [0.1, 0.15) is 0 Å². The summed E-state index contributed by atoms with van der Waals surface area (Å²) in [6.45, 7) is 9.70. The smallest absolute Gasteiger partial charge is 0.0923 e. The molecule has 0 atom stereocenters. The first-order valence-electron chi connectivity index (χ1n) is 10.1. The average molecular weight is 384 g/mol. The number of likely N-dealkylation sites (tertiary alicyclic amines) is 1. The molecule has 3 rings (SSSR count). The molecule has 2 aromatic rings. The lowest BCUT2D eigenvalue weighted by Gasteiger charge is -2.39. The molecule has 0 aliphatic carbocycles. The first-order valence-corrected chi connectivity index (χ1v) is 11.1. The van der Waals surface area contributed by atoms with Gasteiger partial charge in [0.2, 0.25) is 0 Å². The quantitative estimate of drug-likeness (QED) is 0.674. The summed E-state index contributed by atoms with van der Waals surface area (Å²) in [6, 6.07) is 19.1. The highest BCUT2D eigenvalue weighted by atomic mass is 32.2. The van der Waals surface area contributed by atoms with Gasteiger partial charge in [0.25, 0.3) is 0 Å². The van der Waals surface area contributed by atoms with Crippen molar-refractivity contribution in [1.29, 1.82) is 0 Å². The number of rotatable bonds is 7. The Balaban J connectivity index is 1.66. The minimum atomic E-state index is -0.694.